The summed E-state index contributed by atoms with van der Waals surface area (Å²) in [5.41, 5.74) is 0. The van der Waals surface area contributed by atoms with Gasteiger partial charge in [-0.1, -0.05) is 0 Å². The van der Waals surface area contributed by atoms with Gasteiger partial charge in [0.15, 0.2) is 0 Å². The number of quaternary nitrogens is 1. The normalized spacial score (nSPS) is 43.6. The van der Waals surface area contributed by atoms with Crippen LogP contribution in [0.1, 0.15) is 6.92 Å². The molecule has 0 saturated carbocycles. The lowest BCUT2D eigenvalue weighted by atomic mass is 10.4. The highest BCUT2D eigenvalue weighted by molar-refractivity contribution is 4.85. The van der Waals surface area contributed by atoms with Crippen molar-refractivity contribution in [3.8, 4) is 0 Å². The molecule has 0 spiro atoms. The molecule has 76 valence electrons. The molecule has 0 unspecified atom stereocenters. The van der Waals surface area contributed by atoms with E-state index in [0.717, 1.165) is 6.29 Å². The average Bonchev–Trinajstić information content (AvgIpc) is 2.73. The standard InChI is InChI=1S/C9H18N3.HI/c1-2-12-7-5-10-3-4-11(6-8-12)9(10)12;/h9H,2-8H2,1H3;1H/q+1;/p-1. The summed E-state index contributed by atoms with van der Waals surface area (Å²) in [7, 11) is 0. The van der Waals surface area contributed by atoms with Gasteiger partial charge in [-0.15, -0.1) is 0 Å². The van der Waals surface area contributed by atoms with Crippen LogP contribution in [0, 0.1) is 0 Å². The van der Waals surface area contributed by atoms with Crippen molar-refractivity contribution in [2.75, 3.05) is 45.8 Å². The second kappa shape index (κ2) is 3.32. The van der Waals surface area contributed by atoms with E-state index in [1.165, 1.54) is 50.3 Å². The van der Waals surface area contributed by atoms with Gasteiger partial charge in [-0.2, -0.15) is 0 Å². The topological polar surface area (TPSA) is 6.48 Å². The molecular weight excluding hydrogens is 277 g/mol. The van der Waals surface area contributed by atoms with Crippen molar-refractivity contribution in [2.45, 2.75) is 13.2 Å². The zero-order chi connectivity index (χ0) is 8.18. The summed E-state index contributed by atoms with van der Waals surface area (Å²) >= 11 is 0. The molecule has 3 nitrogen and oxygen atoms in total. The third-order valence-electron chi connectivity index (χ3n) is 4.11. The van der Waals surface area contributed by atoms with Crippen molar-refractivity contribution < 1.29 is 28.5 Å². The van der Waals surface area contributed by atoms with Gasteiger partial charge in [-0.3, -0.25) is 4.48 Å². The molecule has 3 aliphatic heterocycles. The molecule has 3 rings (SSSR count). The fraction of sp³-hybridized carbons (Fsp3) is 1.00. The minimum atomic E-state index is 0. The summed E-state index contributed by atoms with van der Waals surface area (Å²) in [6, 6.07) is 0. The fourth-order valence-electron chi connectivity index (χ4n) is 3.34. The zero-order valence-electron chi connectivity index (χ0n) is 8.25. The van der Waals surface area contributed by atoms with Gasteiger partial charge in [0.2, 0.25) is 6.29 Å². The molecule has 0 aromatic carbocycles. The minimum Gasteiger partial charge on any atom is -1.00 e. The third kappa shape index (κ3) is 1.19. The van der Waals surface area contributed by atoms with Gasteiger partial charge in [0.25, 0.3) is 0 Å². The van der Waals surface area contributed by atoms with Crippen LogP contribution < -0.4 is 24.0 Å². The van der Waals surface area contributed by atoms with Crippen LogP contribution in [0.3, 0.4) is 0 Å². The predicted octanol–water partition coefficient (Wildman–Crippen LogP) is -3.24. The van der Waals surface area contributed by atoms with Crippen molar-refractivity contribution in [2.24, 2.45) is 0 Å². The Morgan fingerprint density at radius 3 is 2.08 bits per heavy atom. The number of nitrogens with zero attached hydrogens (tertiary/aromatic N) is 3. The largest absolute Gasteiger partial charge is 1.00 e. The molecule has 4 heteroatoms. The Balaban J connectivity index is 0.000000653. The molecule has 3 aliphatic rings. The fourth-order valence-corrected chi connectivity index (χ4v) is 3.34. The summed E-state index contributed by atoms with van der Waals surface area (Å²) < 4.78 is 1.38. The van der Waals surface area contributed by atoms with Gasteiger partial charge in [0, 0.05) is 13.1 Å². The number of hydrogen-bond donors (Lipinski definition) is 0. The van der Waals surface area contributed by atoms with E-state index in [1.807, 2.05) is 0 Å². The Bertz CT molecular complexity index is 193. The molecule has 0 N–H and O–H groups in total. The average molecular weight is 295 g/mol. The Labute approximate surface area is 97.3 Å². The molecule has 3 fully saturated rings. The van der Waals surface area contributed by atoms with E-state index in [0.29, 0.717) is 0 Å². The van der Waals surface area contributed by atoms with E-state index < -0.39 is 0 Å². The SMILES string of the molecule is CC[N+]12CCN3CCN(CC1)C32.[I-]. The Hall–Kier alpha value is 0.610. The van der Waals surface area contributed by atoms with E-state index in [9.17, 15) is 0 Å². The first-order chi connectivity index (χ1) is 5.86. The molecule has 3 heterocycles. The van der Waals surface area contributed by atoms with Crippen molar-refractivity contribution in [3.05, 3.63) is 0 Å². The van der Waals surface area contributed by atoms with Crippen LogP contribution in [0.15, 0.2) is 0 Å². The van der Waals surface area contributed by atoms with Crippen molar-refractivity contribution in [3.63, 3.8) is 0 Å². The van der Waals surface area contributed by atoms with E-state index >= 15 is 0 Å². The molecule has 0 bridgehead atoms. The Morgan fingerprint density at radius 2 is 1.62 bits per heavy atom. The van der Waals surface area contributed by atoms with Gasteiger partial charge in [0.1, 0.15) is 0 Å². The first-order valence-electron chi connectivity index (χ1n) is 5.20. The van der Waals surface area contributed by atoms with Gasteiger partial charge in [-0.25, -0.2) is 9.80 Å². The molecule has 0 aliphatic carbocycles. The van der Waals surface area contributed by atoms with Crippen molar-refractivity contribution in [1.29, 1.82) is 0 Å². The zero-order valence-corrected chi connectivity index (χ0v) is 10.4. The summed E-state index contributed by atoms with van der Waals surface area (Å²) in [4.78, 5) is 5.35. The molecule has 0 aromatic heterocycles. The quantitative estimate of drug-likeness (QED) is 0.370. The highest BCUT2D eigenvalue weighted by Crippen LogP contribution is 2.35. The van der Waals surface area contributed by atoms with Crippen molar-refractivity contribution >= 4 is 0 Å². The summed E-state index contributed by atoms with van der Waals surface area (Å²) in [6.07, 6.45) is 0.787. The molecule has 0 amide bonds. The van der Waals surface area contributed by atoms with Crippen LogP contribution in [0.4, 0.5) is 0 Å². The van der Waals surface area contributed by atoms with Gasteiger partial charge in [0.05, 0.1) is 32.7 Å². The van der Waals surface area contributed by atoms with Crippen LogP contribution in [0.2, 0.25) is 0 Å². The van der Waals surface area contributed by atoms with Crippen LogP contribution >= 0.6 is 0 Å². The van der Waals surface area contributed by atoms with Crippen LogP contribution in [0.5, 0.6) is 0 Å². The lowest BCUT2D eigenvalue weighted by Crippen LogP contribution is -3.00. The molecular formula is C9H18IN3. The first kappa shape index (κ1) is 10.1. The number of rotatable bonds is 1. The number of likely N-dealkylation sites (N-methyl/N-ethyl adjacent to an activating group) is 1. The van der Waals surface area contributed by atoms with Crippen LogP contribution in [-0.2, 0) is 0 Å². The molecule has 0 aromatic rings. The first-order valence-corrected chi connectivity index (χ1v) is 5.20. The van der Waals surface area contributed by atoms with Gasteiger partial charge < -0.3 is 24.0 Å². The molecule has 0 atom stereocenters. The van der Waals surface area contributed by atoms with Gasteiger partial charge in [-0.05, 0) is 6.92 Å². The maximum absolute atomic E-state index is 2.68. The van der Waals surface area contributed by atoms with Gasteiger partial charge >= 0.3 is 0 Å². The highest BCUT2D eigenvalue weighted by Gasteiger charge is 2.56. The predicted molar refractivity (Wildman–Crippen MR) is 47.5 cm³/mol. The maximum atomic E-state index is 2.68. The lowest BCUT2D eigenvalue weighted by molar-refractivity contribution is -0.934. The number of halogens is 1. The summed E-state index contributed by atoms with van der Waals surface area (Å²) in [5.74, 6) is 0. The lowest BCUT2D eigenvalue weighted by Gasteiger charge is -2.33. The summed E-state index contributed by atoms with van der Waals surface area (Å²) in [5, 5.41) is 0. The molecule has 0 radical (unpaired) electrons. The van der Waals surface area contributed by atoms with E-state index in [1.54, 1.807) is 0 Å². The van der Waals surface area contributed by atoms with Crippen LogP contribution in [0.25, 0.3) is 0 Å². The Kier molecular flexibility index (Phi) is 2.59. The second-order valence-electron chi connectivity index (χ2n) is 4.40. The number of hydrogen-bond acceptors (Lipinski definition) is 2. The molecule has 3 saturated heterocycles. The summed E-state index contributed by atoms with van der Waals surface area (Å²) in [6.45, 7) is 11.8. The molecule has 13 heavy (non-hydrogen) atoms. The second-order valence-corrected chi connectivity index (χ2v) is 4.40. The monoisotopic (exact) mass is 295 g/mol. The van der Waals surface area contributed by atoms with E-state index in [-0.39, 0.29) is 24.0 Å². The third-order valence-corrected chi connectivity index (χ3v) is 4.11. The highest BCUT2D eigenvalue weighted by atomic mass is 127. The Morgan fingerprint density at radius 1 is 1.08 bits per heavy atom. The smallest absolute Gasteiger partial charge is 0.205 e. The maximum Gasteiger partial charge on any atom is 0.205 e. The van der Waals surface area contributed by atoms with Crippen LogP contribution in [-0.4, -0.2) is 66.4 Å². The van der Waals surface area contributed by atoms with E-state index in [2.05, 4.69) is 16.7 Å². The van der Waals surface area contributed by atoms with E-state index in [4.69, 9.17) is 0 Å². The minimum absolute atomic E-state index is 0. The van der Waals surface area contributed by atoms with Crippen molar-refractivity contribution in [1.82, 2.24) is 9.80 Å².